The van der Waals surface area contributed by atoms with E-state index < -0.39 is 0 Å². The third-order valence-electron chi connectivity index (χ3n) is 2.65. The van der Waals surface area contributed by atoms with Crippen molar-refractivity contribution in [2.45, 2.75) is 6.92 Å². The molecule has 0 radical (unpaired) electrons. The van der Waals surface area contributed by atoms with Crippen molar-refractivity contribution in [3.8, 4) is 0 Å². The number of hydrogen-bond donors (Lipinski definition) is 3. The number of carbonyl (C=O) groups excluding carboxylic acids is 3. The number of nitrogens with one attached hydrogen (secondary N) is 3. The molecule has 0 heterocycles. The van der Waals surface area contributed by atoms with Gasteiger partial charge in [-0.1, -0.05) is 0 Å². The highest BCUT2D eigenvalue weighted by Crippen LogP contribution is 1.80. The van der Waals surface area contributed by atoms with E-state index in [0.29, 0.717) is 59.3 Å². The van der Waals surface area contributed by atoms with Crippen molar-refractivity contribution in [3.63, 3.8) is 0 Å². The molecule has 0 fully saturated rings. The van der Waals surface area contributed by atoms with Gasteiger partial charge in [-0.25, -0.2) is 0 Å². The average molecular weight is 467 g/mol. The molecule has 28 heavy (non-hydrogen) atoms. The zero-order valence-corrected chi connectivity index (χ0v) is 18.3. The Hall–Kier alpha value is -0.840. The lowest BCUT2D eigenvalue weighted by Gasteiger charge is -2.07. The summed E-state index contributed by atoms with van der Waals surface area (Å²) in [5.74, 6) is -0.653. The van der Waals surface area contributed by atoms with Gasteiger partial charge in [-0.15, -0.1) is 34.8 Å². The van der Waals surface area contributed by atoms with E-state index in [1.54, 1.807) is 0 Å². The minimum Gasteiger partial charge on any atom is -0.380 e. The first kappa shape index (κ1) is 29.4. The normalized spacial score (nSPS) is 9.86. The highest BCUT2D eigenvalue weighted by molar-refractivity contribution is 6.27. The van der Waals surface area contributed by atoms with Crippen LogP contribution in [0.25, 0.3) is 0 Å². The Morgan fingerprint density at radius 1 is 0.607 bits per heavy atom. The van der Waals surface area contributed by atoms with Crippen molar-refractivity contribution in [3.05, 3.63) is 0 Å². The molecular weight excluding hydrogens is 437 g/mol. The molecule has 0 aromatic heterocycles. The largest absolute Gasteiger partial charge is 0.380 e. The fraction of sp³-hybridized carbons (Fsp3) is 0.812. The van der Waals surface area contributed by atoms with Crippen molar-refractivity contribution < 1.29 is 28.6 Å². The first-order valence-electron chi connectivity index (χ1n) is 8.72. The molecule has 0 aliphatic heterocycles. The fourth-order valence-electron chi connectivity index (χ4n) is 1.40. The standard InChI is InChI=1S/C10H18Cl2N2O4.C6H12ClNO2/c11-7-9(15)13-1-3-17-5-6-18-4-2-14-10(16)8-12;1-2-10-4-3-8-6(9)5-7/h1-8H2,(H,13,15)(H,14,16);2-5H2,1H3,(H,8,9). The third kappa shape index (κ3) is 25.2. The second-order valence-corrected chi connectivity index (χ2v) is 5.67. The predicted octanol–water partition coefficient (Wildman–Crippen LogP) is 0.108. The second-order valence-electron chi connectivity index (χ2n) is 4.87. The zero-order valence-electron chi connectivity index (χ0n) is 16.1. The Kier molecular flexibility index (Phi) is 25.4. The summed E-state index contributed by atoms with van der Waals surface area (Å²) in [4.78, 5) is 31.9. The summed E-state index contributed by atoms with van der Waals surface area (Å²) in [6, 6.07) is 0. The molecule has 0 spiro atoms. The van der Waals surface area contributed by atoms with Crippen LogP contribution in [0.4, 0.5) is 0 Å². The fourth-order valence-corrected chi connectivity index (χ4v) is 1.68. The molecule has 9 nitrogen and oxygen atoms in total. The minimum absolute atomic E-state index is 0.0200. The molecule has 0 aromatic carbocycles. The highest BCUT2D eigenvalue weighted by Gasteiger charge is 1.98. The Morgan fingerprint density at radius 3 is 1.21 bits per heavy atom. The molecule has 0 saturated carbocycles. The topological polar surface area (TPSA) is 115 Å². The number of carbonyl (C=O) groups is 3. The summed E-state index contributed by atoms with van der Waals surface area (Å²) in [7, 11) is 0. The van der Waals surface area contributed by atoms with E-state index in [0.717, 1.165) is 0 Å². The van der Waals surface area contributed by atoms with Gasteiger partial charge >= 0.3 is 0 Å². The van der Waals surface area contributed by atoms with Crippen LogP contribution >= 0.6 is 34.8 Å². The first-order chi connectivity index (χ1) is 13.5. The van der Waals surface area contributed by atoms with Crippen LogP contribution in [0.15, 0.2) is 0 Å². The van der Waals surface area contributed by atoms with E-state index in [4.69, 9.17) is 49.0 Å². The van der Waals surface area contributed by atoms with E-state index in [1.165, 1.54) is 0 Å². The molecular formula is C16H30Cl3N3O6. The quantitative estimate of drug-likeness (QED) is 0.220. The van der Waals surface area contributed by atoms with Gasteiger partial charge in [0.2, 0.25) is 17.7 Å². The lowest BCUT2D eigenvalue weighted by Crippen LogP contribution is -2.29. The number of hydrogen-bond acceptors (Lipinski definition) is 6. The highest BCUT2D eigenvalue weighted by atomic mass is 35.5. The minimum atomic E-state index is -0.216. The van der Waals surface area contributed by atoms with Crippen LogP contribution in [-0.4, -0.2) is 94.6 Å². The van der Waals surface area contributed by atoms with Crippen LogP contribution in [0.1, 0.15) is 6.92 Å². The summed E-state index contributed by atoms with van der Waals surface area (Å²) >= 11 is 15.8. The van der Waals surface area contributed by atoms with Crippen LogP contribution < -0.4 is 16.0 Å². The van der Waals surface area contributed by atoms with Gasteiger partial charge in [-0.05, 0) is 6.92 Å². The molecule has 0 unspecified atom stereocenters. The molecule has 0 atom stereocenters. The lowest BCUT2D eigenvalue weighted by molar-refractivity contribution is -0.119. The van der Waals surface area contributed by atoms with E-state index in [1.807, 2.05) is 6.92 Å². The van der Waals surface area contributed by atoms with Gasteiger partial charge in [0, 0.05) is 26.2 Å². The SMILES string of the molecule is CCOCCNC(=O)CCl.O=C(CCl)NCCOCCOCCNC(=O)CCl. The molecule has 3 N–H and O–H groups in total. The number of alkyl halides is 3. The maximum atomic E-state index is 10.7. The molecule has 0 rings (SSSR count). The van der Waals surface area contributed by atoms with E-state index >= 15 is 0 Å². The van der Waals surface area contributed by atoms with Crippen molar-refractivity contribution in [2.24, 2.45) is 0 Å². The van der Waals surface area contributed by atoms with E-state index in [2.05, 4.69) is 16.0 Å². The molecule has 0 aliphatic carbocycles. The van der Waals surface area contributed by atoms with Crippen LogP contribution in [0.2, 0.25) is 0 Å². The molecule has 12 heteroatoms. The van der Waals surface area contributed by atoms with Gasteiger partial charge < -0.3 is 30.2 Å². The molecule has 0 saturated heterocycles. The Labute approximate surface area is 181 Å². The zero-order chi connectivity index (χ0) is 21.5. The van der Waals surface area contributed by atoms with Crippen molar-refractivity contribution in [1.82, 2.24) is 16.0 Å². The van der Waals surface area contributed by atoms with E-state index in [9.17, 15) is 14.4 Å². The van der Waals surface area contributed by atoms with Gasteiger partial charge in [0.15, 0.2) is 0 Å². The Balaban J connectivity index is 0. The summed E-state index contributed by atoms with van der Waals surface area (Å²) in [5.41, 5.74) is 0. The Bertz CT molecular complexity index is 382. The summed E-state index contributed by atoms with van der Waals surface area (Å²) in [6.07, 6.45) is 0. The maximum Gasteiger partial charge on any atom is 0.235 e. The van der Waals surface area contributed by atoms with Crippen LogP contribution in [0.5, 0.6) is 0 Å². The lowest BCUT2D eigenvalue weighted by atomic mass is 10.6. The van der Waals surface area contributed by atoms with Gasteiger partial charge in [-0.3, -0.25) is 14.4 Å². The maximum absolute atomic E-state index is 10.7. The first-order valence-corrected chi connectivity index (χ1v) is 10.3. The van der Waals surface area contributed by atoms with Crippen LogP contribution in [0, 0.1) is 0 Å². The predicted molar refractivity (Wildman–Crippen MR) is 109 cm³/mol. The molecule has 0 aromatic rings. The average Bonchev–Trinajstić information content (AvgIpc) is 2.72. The summed E-state index contributed by atoms with van der Waals surface area (Å²) in [6.45, 7) is 6.22. The van der Waals surface area contributed by atoms with Crippen LogP contribution in [0.3, 0.4) is 0 Å². The molecule has 166 valence electrons. The molecule has 3 amide bonds. The molecule has 0 bridgehead atoms. The van der Waals surface area contributed by atoms with Gasteiger partial charge in [0.25, 0.3) is 0 Å². The summed E-state index contributed by atoms with van der Waals surface area (Å²) < 4.78 is 15.3. The monoisotopic (exact) mass is 465 g/mol. The van der Waals surface area contributed by atoms with Gasteiger partial charge in [0.05, 0.1) is 33.0 Å². The van der Waals surface area contributed by atoms with Crippen LogP contribution in [-0.2, 0) is 28.6 Å². The second kappa shape index (κ2) is 24.2. The number of amides is 3. The third-order valence-corrected chi connectivity index (χ3v) is 3.37. The van der Waals surface area contributed by atoms with E-state index in [-0.39, 0.29) is 35.4 Å². The smallest absolute Gasteiger partial charge is 0.235 e. The molecule has 0 aliphatic rings. The van der Waals surface area contributed by atoms with Gasteiger partial charge in [-0.2, -0.15) is 0 Å². The van der Waals surface area contributed by atoms with Crippen molar-refractivity contribution >= 4 is 52.5 Å². The van der Waals surface area contributed by atoms with Crippen molar-refractivity contribution in [1.29, 1.82) is 0 Å². The van der Waals surface area contributed by atoms with Gasteiger partial charge in [0.1, 0.15) is 17.6 Å². The summed E-state index contributed by atoms with van der Waals surface area (Å²) in [5, 5.41) is 7.70. The number of ether oxygens (including phenoxy) is 3. The van der Waals surface area contributed by atoms with Crippen molar-refractivity contribution in [2.75, 3.05) is 76.9 Å². The Morgan fingerprint density at radius 2 is 0.929 bits per heavy atom. The number of rotatable bonds is 16. The number of halogens is 3.